The Morgan fingerprint density at radius 2 is 1.68 bits per heavy atom. The van der Waals surface area contributed by atoms with Crippen molar-refractivity contribution in [3.05, 3.63) is 47.4 Å². The number of amides is 1. The standard InChI is InChI=1S/C23H27F5N6OS.ClH/c24-36(25,26,27,28)16-1-2-18(19(29)13-16)23(35)34-11-6-14(7-12-34)17-5-10-31-22-20(17)32-21(33-22)15-3-8-30-9-4-15;/h1-2,5,10,13-15,30H,3-4,6-9,11-12,29H2,(H,31,32,33);1H. The molecule has 5 rings (SSSR count). The molecule has 37 heavy (non-hydrogen) atoms. The van der Waals surface area contributed by atoms with Gasteiger partial charge in [-0.15, -0.1) is 12.4 Å². The van der Waals surface area contributed by atoms with Gasteiger partial charge in [0.05, 0.1) is 11.1 Å². The number of nitrogens with one attached hydrogen (secondary N) is 2. The van der Waals surface area contributed by atoms with Gasteiger partial charge in [0, 0.05) is 30.9 Å². The molecule has 3 aromatic rings. The summed E-state index contributed by atoms with van der Waals surface area (Å²) >= 11 is 0. The first-order chi connectivity index (χ1) is 16.8. The summed E-state index contributed by atoms with van der Waals surface area (Å²) in [7, 11) is -9.88. The number of likely N-dealkylation sites (tertiary alicyclic amines) is 1. The molecular weight excluding hydrogens is 539 g/mol. The number of aromatic nitrogens is 3. The fraction of sp³-hybridized carbons (Fsp3) is 0.435. The highest BCUT2D eigenvalue weighted by Crippen LogP contribution is 3.02. The van der Waals surface area contributed by atoms with Crippen molar-refractivity contribution >= 4 is 45.4 Å². The Morgan fingerprint density at radius 3 is 2.30 bits per heavy atom. The molecule has 1 amide bonds. The van der Waals surface area contributed by atoms with Gasteiger partial charge in [0.2, 0.25) is 0 Å². The molecule has 14 heteroatoms. The monoisotopic (exact) mass is 566 g/mol. The lowest BCUT2D eigenvalue weighted by molar-refractivity contribution is 0.0714. The third-order valence-corrected chi connectivity index (χ3v) is 8.23. The minimum Gasteiger partial charge on any atom is -0.398 e. The number of nitrogen functional groups attached to an aromatic ring is 1. The van der Waals surface area contributed by atoms with Crippen LogP contribution in [-0.4, -0.2) is 51.9 Å². The second kappa shape index (κ2) is 8.98. The van der Waals surface area contributed by atoms with E-state index in [-0.39, 0.29) is 36.0 Å². The Bertz CT molecular complexity index is 1320. The number of H-pyrrole nitrogens is 1. The average Bonchev–Trinajstić information content (AvgIpc) is 3.27. The third kappa shape index (κ3) is 5.63. The molecule has 4 N–H and O–H groups in total. The van der Waals surface area contributed by atoms with Gasteiger partial charge in [-0.1, -0.05) is 19.4 Å². The number of hydrogen-bond donors (Lipinski definition) is 3. The van der Waals surface area contributed by atoms with Crippen LogP contribution in [0.5, 0.6) is 0 Å². The zero-order valence-electron chi connectivity index (χ0n) is 19.7. The number of nitrogens with zero attached hydrogens (tertiary/aromatic N) is 3. The summed E-state index contributed by atoms with van der Waals surface area (Å²) in [6, 6.07) is 3.05. The van der Waals surface area contributed by atoms with Crippen molar-refractivity contribution in [1.29, 1.82) is 0 Å². The molecule has 0 aliphatic carbocycles. The van der Waals surface area contributed by atoms with Crippen molar-refractivity contribution in [3.8, 4) is 0 Å². The number of piperidine rings is 2. The summed E-state index contributed by atoms with van der Waals surface area (Å²) in [6.07, 6.45) is 4.97. The Morgan fingerprint density at radius 1 is 1.00 bits per heavy atom. The van der Waals surface area contributed by atoms with E-state index in [2.05, 4.69) is 15.3 Å². The molecule has 2 aromatic heterocycles. The summed E-state index contributed by atoms with van der Waals surface area (Å²) in [5, 5.41) is 3.34. The largest absolute Gasteiger partial charge is 0.398 e. The molecule has 204 valence electrons. The molecule has 0 atom stereocenters. The number of rotatable bonds is 4. The van der Waals surface area contributed by atoms with Gasteiger partial charge < -0.3 is 20.9 Å². The Balaban J connectivity index is 0.00000320. The van der Waals surface area contributed by atoms with Crippen LogP contribution >= 0.6 is 22.6 Å². The van der Waals surface area contributed by atoms with E-state index in [0.29, 0.717) is 37.5 Å². The number of anilines is 1. The molecule has 0 spiro atoms. The molecule has 1 aromatic carbocycles. The second-order valence-corrected chi connectivity index (χ2v) is 11.9. The van der Waals surface area contributed by atoms with Crippen molar-refractivity contribution in [3.63, 3.8) is 0 Å². The normalized spacial score (nSPS) is 19.8. The number of imidazole rings is 1. The van der Waals surface area contributed by atoms with Crippen LogP contribution in [0.4, 0.5) is 25.1 Å². The maximum absolute atomic E-state index is 13.1. The summed E-state index contributed by atoms with van der Waals surface area (Å²) < 4.78 is 65.4. The van der Waals surface area contributed by atoms with Gasteiger partial charge in [0.25, 0.3) is 5.91 Å². The van der Waals surface area contributed by atoms with Crippen LogP contribution in [0.1, 0.15) is 59.3 Å². The summed E-state index contributed by atoms with van der Waals surface area (Å²) in [4.78, 5) is 24.9. The van der Waals surface area contributed by atoms with Crippen molar-refractivity contribution in [2.24, 2.45) is 0 Å². The molecule has 2 fully saturated rings. The molecular formula is C23H28ClF5N6OS. The molecule has 7 nitrogen and oxygen atoms in total. The highest BCUT2D eigenvalue weighted by atomic mass is 35.5. The highest BCUT2D eigenvalue weighted by molar-refractivity contribution is 8.45. The number of hydrogen-bond acceptors (Lipinski definition) is 5. The SMILES string of the molecule is Cl.Nc1cc(S(F)(F)(F)(F)F)ccc1C(=O)N1CCC(c2ccnc3nc(C4CCNCC4)[nH]c23)CC1. The number of carbonyl (C=O) groups is 1. The lowest BCUT2D eigenvalue weighted by atomic mass is 9.89. The van der Waals surface area contributed by atoms with E-state index in [1.165, 1.54) is 4.90 Å². The van der Waals surface area contributed by atoms with E-state index in [1.807, 2.05) is 6.07 Å². The molecule has 0 radical (unpaired) electrons. The van der Waals surface area contributed by atoms with Gasteiger partial charge in [0.1, 0.15) is 10.7 Å². The van der Waals surface area contributed by atoms with Crippen molar-refractivity contribution in [1.82, 2.24) is 25.2 Å². The summed E-state index contributed by atoms with van der Waals surface area (Å²) in [5.41, 5.74) is 7.40. The summed E-state index contributed by atoms with van der Waals surface area (Å²) in [6.45, 7) is 2.60. The van der Waals surface area contributed by atoms with E-state index in [9.17, 15) is 24.2 Å². The number of fused-ring (bicyclic) bond motifs is 1. The molecule has 0 bridgehead atoms. The predicted octanol–water partition coefficient (Wildman–Crippen LogP) is 6.11. The van der Waals surface area contributed by atoms with Crippen molar-refractivity contribution in [2.75, 3.05) is 31.9 Å². The number of aromatic amines is 1. The minimum absolute atomic E-state index is 0. The smallest absolute Gasteiger partial charge is 0.310 e. The van der Waals surface area contributed by atoms with E-state index >= 15 is 0 Å². The van der Waals surface area contributed by atoms with Crippen LogP contribution in [0.15, 0.2) is 35.4 Å². The van der Waals surface area contributed by atoms with Crippen LogP contribution in [0.2, 0.25) is 0 Å². The maximum Gasteiger partial charge on any atom is 0.310 e. The van der Waals surface area contributed by atoms with E-state index in [0.717, 1.165) is 48.9 Å². The zero-order chi connectivity index (χ0) is 25.8. The van der Waals surface area contributed by atoms with E-state index in [4.69, 9.17) is 10.7 Å². The number of carbonyl (C=O) groups excluding carboxylic acids is 1. The Hall–Kier alpha value is -2.64. The third-order valence-electron chi connectivity index (χ3n) is 7.09. The van der Waals surface area contributed by atoms with Crippen LogP contribution < -0.4 is 11.1 Å². The first kappa shape index (κ1) is 27.4. The first-order valence-corrected chi connectivity index (χ1v) is 13.7. The van der Waals surface area contributed by atoms with Gasteiger partial charge in [-0.25, -0.2) is 9.97 Å². The number of pyridine rings is 1. The molecule has 0 unspecified atom stereocenters. The van der Waals surface area contributed by atoms with Gasteiger partial charge in [0.15, 0.2) is 5.65 Å². The van der Waals surface area contributed by atoms with E-state index < -0.39 is 26.7 Å². The van der Waals surface area contributed by atoms with Gasteiger partial charge >= 0.3 is 10.2 Å². The van der Waals surface area contributed by atoms with Crippen LogP contribution in [0.25, 0.3) is 11.2 Å². The second-order valence-electron chi connectivity index (χ2n) is 9.53. The molecule has 2 aliphatic heterocycles. The van der Waals surface area contributed by atoms with Crippen molar-refractivity contribution < 1.29 is 24.2 Å². The summed E-state index contributed by atoms with van der Waals surface area (Å²) in [5.74, 6) is 0.844. The van der Waals surface area contributed by atoms with Crippen LogP contribution in [0.3, 0.4) is 0 Å². The minimum atomic E-state index is -9.88. The predicted molar refractivity (Wildman–Crippen MR) is 136 cm³/mol. The van der Waals surface area contributed by atoms with Gasteiger partial charge in [-0.3, -0.25) is 4.79 Å². The lowest BCUT2D eigenvalue weighted by Crippen LogP contribution is -2.38. The van der Waals surface area contributed by atoms with E-state index in [1.54, 1.807) is 6.20 Å². The van der Waals surface area contributed by atoms with Crippen molar-refractivity contribution in [2.45, 2.75) is 42.4 Å². The highest BCUT2D eigenvalue weighted by Gasteiger charge is 2.65. The number of halogens is 6. The lowest BCUT2D eigenvalue weighted by Gasteiger charge is -2.40. The topological polar surface area (TPSA) is 99.9 Å². The van der Waals surface area contributed by atoms with Gasteiger partial charge in [-0.05, 0) is 74.5 Å². The van der Waals surface area contributed by atoms with Gasteiger partial charge in [-0.2, -0.15) is 0 Å². The Kier molecular flexibility index (Phi) is 6.65. The van der Waals surface area contributed by atoms with Crippen LogP contribution in [-0.2, 0) is 0 Å². The van der Waals surface area contributed by atoms with Crippen LogP contribution in [0, 0.1) is 0 Å². The number of nitrogens with two attached hydrogens (primary N) is 1. The maximum atomic E-state index is 13.1. The average molecular weight is 567 g/mol. The fourth-order valence-electron chi connectivity index (χ4n) is 5.12. The molecule has 2 saturated heterocycles. The zero-order valence-corrected chi connectivity index (χ0v) is 21.4. The first-order valence-electron chi connectivity index (χ1n) is 11.8. The Labute approximate surface area is 216 Å². The molecule has 4 heterocycles. The quantitative estimate of drug-likeness (QED) is 0.261. The number of benzene rings is 1. The fourth-order valence-corrected chi connectivity index (χ4v) is 5.79. The molecule has 0 saturated carbocycles. The molecule has 2 aliphatic rings.